The van der Waals surface area contributed by atoms with Gasteiger partial charge in [0.15, 0.2) is 0 Å². The van der Waals surface area contributed by atoms with E-state index in [1.165, 1.54) is 5.56 Å². The number of nitrogens with zero attached hydrogens (tertiary/aromatic N) is 2. The molecule has 134 valence electrons. The number of hydrogen-bond acceptors (Lipinski definition) is 5. The minimum absolute atomic E-state index is 0.106. The number of pyridine rings is 1. The lowest BCUT2D eigenvalue weighted by atomic mass is 10.0. The number of amides is 1. The van der Waals surface area contributed by atoms with E-state index < -0.39 is 0 Å². The van der Waals surface area contributed by atoms with Crippen molar-refractivity contribution in [3.05, 3.63) is 47.2 Å². The molecule has 4 rings (SSSR count). The van der Waals surface area contributed by atoms with E-state index >= 15 is 0 Å². The Labute approximate surface area is 152 Å². The summed E-state index contributed by atoms with van der Waals surface area (Å²) in [7, 11) is 0. The Bertz CT molecular complexity index is 940. The molecular weight excluding hydrogens is 328 g/mol. The highest BCUT2D eigenvalue weighted by molar-refractivity contribution is 6.07. The van der Waals surface area contributed by atoms with Gasteiger partial charge in [-0.15, -0.1) is 0 Å². The Morgan fingerprint density at radius 3 is 2.81 bits per heavy atom. The Hall–Kier alpha value is -2.73. The third-order valence-electron chi connectivity index (χ3n) is 4.84. The lowest BCUT2D eigenvalue weighted by molar-refractivity contribution is 0.0932. The van der Waals surface area contributed by atoms with Gasteiger partial charge in [0.1, 0.15) is 0 Å². The van der Waals surface area contributed by atoms with Gasteiger partial charge in [-0.05, 0) is 39.3 Å². The van der Waals surface area contributed by atoms with E-state index in [2.05, 4.69) is 20.8 Å². The van der Waals surface area contributed by atoms with Gasteiger partial charge in [0.05, 0.1) is 22.3 Å². The fourth-order valence-corrected chi connectivity index (χ4v) is 3.38. The number of carbonyl (C=O) groups is 1. The predicted octanol–water partition coefficient (Wildman–Crippen LogP) is 2.99. The molecule has 1 atom stereocenters. The van der Waals surface area contributed by atoms with E-state index in [0.29, 0.717) is 28.1 Å². The van der Waals surface area contributed by atoms with E-state index in [9.17, 15) is 4.79 Å². The fourth-order valence-electron chi connectivity index (χ4n) is 3.38. The van der Waals surface area contributed by atoms with E-state index in [4.69, 9.17) is 4.52 Å². The molecule has 0 aliphatic carbocycles. The molecule has 6 heteroatoms. The highest BCUT2D eigenvalue weighted by Gasteiger charge is 2.22. The van der Waals surface area contributed by atoms with Crippen LogP contribution in [0.2, 0.25) is 0 Å². The maximum absolute atomic E-state index is 13.0. The number of aryl methyl sites for hydroxylation is 2. The summed E-state index contributed by atoms with van der Waals surface area (Å²) in [4.78, 5) is 17.5. The molecule has 1 aliphatic heterocycles. The van der Waals surface area contributed by atoms with Crippen LogP contribution in [0.3, 0.4) is 0 Å². The van der Waals surface area contributed by atoms with Gasteiger partial charge in [0.25, 0.3) is 11.6 Å². The standard InChI is InChI=1S/C20H22N4O2/c1-12-5-7-14(8-6-12)17-10-16(18-13(2)24-26-20(18)23-17)19(25)22-15-4-3-9-21-11-15/h5-8,10,15,21H,3-4,9,11H2,1-2H3,(H,22,25)/t15-/m0/s1. The van der Waals surface area contributed by atoms with E-state index in [-0.39, 0.29) is 11.9 Å². The second-order valence-corrected chi connectivity index (χ2v) is 6.89. The molecule has 2 N–H and O–H groups in total. The lowest BCUT2D eigenvalue weighted by Gasteiger charge is -2.24. The van der Waals surface area contributed by atoms with Crippen LogP contribution in [0.15, 0.2) is 34.9 Å². The predicted molar refractivity (Wildman–Crippen MR) is 100 cm³/mol. The molecule has 0 bridgehead atoms. The topological polar surface area (TPSA) is 80.0 Å². The summed E-state index contributed by atoms with van der Waals surface area (Å²) < 4.78 is 5.36. The normalized spacial score (nSPS) is 17.4. The first-order valence-corrected chi connectivity index (χ1v) is 8.97. The van der Waals surface area contributed by atoms with Crippen LogP contribution in [0.4, 0.5) is 0 Å². The van der Waals surface area contributed by atoms with Crippen molar-refractivity contribution >= 4 is 17.0 Å². The molecule has 2 aromatic heterocycles. The van der Waals surface area contributed by atoms with Gasteiger partial charge in [-0.25, -0.2) is 4.98 Å². The molecule has 26 heavy (non-hydrogen) atoms. The summed E-state index contributed by atoms with van der Waals surface area (Å²) in [6.07, 6.45) is 2.05. The minimum atomic E-state index is -0.106. The van der Waals surface area contributed by atoms with Gasteiger partial charge >= 0.3 is 0 Å². The van der Waals surface area contributed by atoms with Crippen LogP contribution < -0.4 is 10.6 Å². The maximum Gasteiger partial charge on any atom is 0.259 e. The average Bonchev–Trinajstić information content (AvgIpc) is 3.03. The number of nitrogens with one attached hydrogen (secondary N) is 2. The first-order valence-electron chi connectivity index (χ1n) is 8.97. The molecule has 1 aromatic carbocycles. The monoisotopic (exact) mass is 350 g/mol. The van der Waals surface area contributed by atoms with Crippen LogP contribution in [0.5, 0.6) is 0 Å². The zero-order chi connectivity index (χ0) is 18.1. The van der Waals surface area contributed by atoms with Crippen molar-refractivity contribution in [1.82, 2.24) is 20.8 Å². The molecule has 0 spiro atoms. The smallest absolute Gasteiger partial charge is 0.259 e. The van der Waals surface area contributed by atoms with Crippen LogP contribution in [-0.2, 0) is 0 Å². The number of hydrogen-bond donors (Lipinski definition) is 2. The molecule has 0 unspecified atom stereocenters. The summed E-state index contributed by atoms with van der Waals surface area (Å²) in [5.74, 6) is -0.106. The first-order chi connectivity index (χ1) is 12.6. The SMILES string of the molecule is Cc1ccc(-c2cc(C(=O)N[C@H]3CCCNC3)c3c(C)noc3n2)cc1. The number of aromatic nitrogens is 2. The number of fused-ring (bicyclic) bond motifs is 1. The molecule has 1 amide bonds. The molecule has 3 heterocycles. The number of rotatable bonds is 3. The van der Waals surface area contributed by atoms with Crippen molar-refractivity contribution < 1.29 is 9.32 Å². The van der Waals surface area contributed by atoms with E-state index in [1.54, 1.807) is 0 Å². The van der Waals surface area contributed by atoms with Crippen molar-refractivity contribution in [1.29, 1.82) is 0 Å². The van der Waals surface area contributed by atoms with E-state index in [1.807, 2.05) is 44.2 Å². The third kappa shape index (κ3) is 3.20. The zero-order valence-electron chi connectivity index (χ0n) is 15.0. The van der Waals surface area contributed by atoms with Crippen LogP contribution in [-0.4, -0.2) is 35.2 Å². The van der Waals surface area contributed by atoms with Crippen LogP contribution in [0, 0.1) is 13.8 Å². The van der Waals surface area contributed by atoms with Crippen LogP contribution >= 0.6 is 0 Å². The van der Waals surface area contributed by atoms with Crippen molar-refractivity contribution in [3.8, 4) is 11.3 Å². The Kier molecular flexibility index (Phi) is 4.42. The van der Waals surface area contributed by atoms with Gasteiger partial charge < -0.3 is 15.2 Å². The van der Waals surface area contributed by atoms with Crippen LogP contribution in [0.25, 0.3) is 22.4 Å². The second-order valence-electron chi connectivity index (χ2n) is 6.89. The Balaban J connectivity index is 1.75. The Morgan fingerprint density at radius 1 is 1.27 bits per heavy atom. The number of carbonyl (C=O) groups excluding carboxylic acids is 1. The molecule has 1 saturated heterocycles. The third-order valence-corrected chi connectivity index (χ3v) is 4.84. The summed E-state index contributed by atoms with van der Waals surface area (Å²) in [5, 5.41) is 11.1. The van der Waals surface area contributed by atoms with Crippen molar-refractivity contribution in [3.63, 3.8) is 0 Å². The van der Waals surface area contributed by atoms with Crippen molar-refractivity contribution in [2.75, 3.05) is 13.1 Å². The minimum Gasteiger partial charge on any atom is -0.348 e. The van der Waals surface area contributed by atoms with Crippen molar-refractivity contribution in [2.45, 2.75) is 32.7 Å². The molecule has 1 aliphatic rings. The van der Waals surface area contributed by atoms with E-state index in [0.717, 1.165) is 31.5 Å². The molecule has 0 radical (unpaired) electrons. The van der Waals surface area contributed by atoms with Crippen LogP contribution in [0.1, 0.15) is 34.5 Å². The van der Waals surface area contributed by atoms with Gasteiger partial charge in [-0.2, -0.15) is 0 Å². The molecule has 3 aromatic rings. The molecule has 1 fully saturated rings. The summed E-state index contributed by atoms with van der Waals surface area (Å²) in [6, 6.07) is 10.0. The quantitative estimate of drug-likeness (QED) is 0.759. The summed E-state index contributed by atoms with van der Waals surface area (Å²) in [5.41, 5.74) is 4.46. The molecule has 6 nitrogen and oxygen atoms in total. The number of benzene rings is 1. The highest BCUT2D eigenvalue weighted by Crippen LogP contribution is 2.27. The number of piperidine rings is 1. The van der Waals surface area contributed by atoms with Crippen molar-refractivity contribution in [2.24, 2.45) is 0 Å². The fraction of sp³-hybridized carbons (Fsp3) is 0.350. The first kappa shape index (κ1) is 16.7. The second kappa shape index (κ2) is 6.88. The average molecular weight is 350 g/mol. The summed E-state index contributed by atoms with van der Waals surface area (Å²) in [6.45, 7) is 5.68. The van der Waals surface area contributed by atoms with Gasteiger partial charge in [-0.1, -0.05) is 35.0 Å². The maximum atomic E-state index is 13.0. The lowest BCUT2D eigenvalue weighted by Crippen LogP contribution is -2.45. The molecular formula is C20H22N4O2. The Morgan fingerprint density at radius 2 is 2.08 bits per heavy atom. The van der Waals surface area contributed by atoms with Gasteiger partial charge in [0.2, 0.25) is 0 Å². The zero-order valence-corrected chi connectivity index (χ0v) is 15.0. The largest absolute Gasteiger partial charge is 0.348 e. The van der Waals surface area contributed by atoms with Gasteiger partial charge in [0, 0.05) is 18.2 Å². The summed E-state index contributed by atoms with van der Waals surface area (Å²) >= 11 is 0. The van der Waals surface area contributed by atoms with Gasteiger partial charge in [-0.3, -0.25) is 4.79 Å². The molecule has 0 saturated carbocycles. The highest BCUT2D eigenvalue weighted by atomic mass is 16.5.